The van der Waals surface area contributed by atoms with Crippen molar-refractivity contribution in [3.05, 3.63) is 12.2 Å². The molecule has 0 aromatic rings. The fourth-order valence-electron chi connectivity index (χ4n) is 2.45. The van der Waals surface area contributed by atoms with Gasteiger partial charge < -0.3 is 15.5 Å². The van der Waals surface area contributed by atoms with Crippen LogP contribution in [0.5, 0.6) is 0 Å². The summed E-state index contributed by atoms with van der Waals surface area (Å²) in [5.74, 6) is -0.652. The summed E-state index contributed by atoms with van der Waals surface area (Å²) >= 11 is 0. The Balaban J connectivity index is 4.08. The van der Waals surface area contributed by atoms with Gasteiger partial charge in [-0.15, -0.1) is 0 Å². The van der Waals surface area contributed by atoms with E-state index in [0.717, 1.165) is 12.8 Å². The van der Waals surface area contributed by atoms with Gasteiger partial charge in [0.25, 0.3) is 0 Å². The first-order valence-electron chi connectivity index (χ1n) is 8.64. The minimum Gasteiger partial charge on any atom is -0.357 e. The molecule has 0 rings (SSSR count). The predicted octanol–water partition coefficient (Wildman–Crippen LogP) is 1.04. The number of ketones is 1. The number of nitrogens with zero attached hydrogens (tertiary/aromatic N) is 1. The van der Waals surface area contributed by atoms with E-state index in [9.17, 15) is 19.2 Å². The first-order valence-corrected chi connectivity index (χ1v) is 8.64. The third-order valence-corrected chi connectivity index (χ3v) is 3.79. The topological polar surface area (TPSA) is 95.6 Å². The summed E-state index contributed by atoms with van der Waals surface area (Å²) in [4.78, 5) is 47.7. The van der Waals surface area contributed by atoms with E-state index < -0.39 is 6.04 Å². The number of unbranched alkanes of at least 4 members (excludes halogenated alkanes) is 2. The predicted molar refractivity (Wildman–Crippen MR) is 96.8 cm³/mol. The summed E-state index contributed by atoms with van der Waals surface area (Å²) in [6, 6.07) is -0.468. The Morgan fingerprint density at radius 1 is 1.04 bits per heavy atom. The summed E-state index contributed by atoms with van der Waals surface area (Å²) in [7, 11) is 3.22. The summed E-state index contributed by atoms with van der Waals surface area (Å²) in [5.41, 5.74) is 0. The van der Waals surface area contributed by atoms with E-state index in [0.29, 0.717) is 19.4 Å². The molecular formula is C18H31N3O4. The quantitative estimate of drug-likeness (QED) is 0.428. The maximum absolute atomic E-state index is 12.2. The van der Waals surface area contributed by atoms with Crippen molar-refractivity contribution in [1.29, 1.82) is 0 Å². The standard InChI is InChI=1S/C18H31N3O4/c1-13(2)17(18(25)19-4)21(5)16(24)9-7-6-8-12-20-15(23)11-10-14(3)22/h10-11,13,17H,6-9,12H2,1-5H3,(H,19,25)(H,20,23)/b11-10-/t17-/m0/s1. The molecule has 25 heavy (non-hydrogen) atoms. The number of rotatable bonds is 11. The van der Waals surface area contributed by atoms with Gasteiger partial charge in [0.15, 0.2) is 5.78 Å². The molecule has 0 aliphatic heterocycles. The van der Waals surface area contributed by atoms with Crippen molar-refractivity contribution < 1.29 is 19.2 Å². The van der Waals surface area contributed by atoms with Gasteiger partial charge in [-0.2, -0.15) is 0 Å². The zero-order valence-corrected chi connectivity index (χ0v) is 15.9. The van der Waals surface area contributed by atoms with Crippen LogP contribution < -0.4 is 10.6 Å². The minimum atomic E-state index is -0.468. The minimum absolute atomic E-state index is 0.0344. The molecule has 0 saturated heterocycles. The molecule has 0 aromatic carbocycles. The number of hydrogen-bond donors (Lipinski definition) is 2. The smallest absolute Gasteiger partial charge is 0.244 e. The van der Waals surface area contributed by atoms with Crippen molar-refractivity contribution in [1.82, 2.24) is 15.5 Å². The van der Waals surface area contributed by atoms with Gasteiger partial charge in [-0.05, 0) is 31.8 Å². The Hall–Kier alpha value is -2.18. The lowest BCUT2D eigenvalue weighted by Gasteiger charge is -2.29. The number of hydrogen-bond acceptors (Lipinski definition) is 4. The van der Waals surface area contributed by atoms with Gasteiger partial charge in [0.2, 0.25) is 17.7 Å². The third kappa shape index (κ3) is 9.64. The van der Waals surface area contributed by atoms with Gasteiger partial charge in [-0.25, -0.2) is 0 Å². The first kappa shape index (κ1) is 22.8. The van der Waals surface area contributed by atoms with Gasteiger partial charge in [-0.3, -0.25) is 19.2 Å². The van der Waals surface area contributed by atoms with E-state index >= 15 is 0 Å². The van der Waals surface area contributed by atoms with Gasteiger partial charge in [-0.1, -0.05) is 20.3 Å². The zero-order valence-electron chi connectivity index (χ0n) is 15.9. The fourth-order valence-corrected chi connectivity index (χ4v) is 2.45. The molecule has 0 radical (unpaired) electrons. The zero-order chi connectivity index (χ0) is 19.4. The molecule has 0 aromatic heterocycles. The summed E-state index contributed by atoms with van der Waals surface area (Å²) in [6.45, 7) is 5.70. The number of carbonyl (C=O) groups excluding carboxylic acids is 4. The average Bonchev–Trinajstić information content (AvgIpc) is 2.55. The largest absolute Gasteiger partial charge is 0.357 e. The highest BCUT2D eigenvalue weighted by atomic mass is 16.2. The van der Waals surface area contributed by atoms with Crippen molar-refractivity contribution in [2.24, 2.45) is 5.92 Å². The second-order valence-electron chi connectivity index (χ2n) is 6.35. The lowest BCUT2D eigenvalue weighted by Crippen LogP contribution is -2.49. The molecule has 0 fully saturated rings. The second-order valence-corrected chi connectivity index (χ2v) is 6.35. The molecule has 7 nitrogen and oxygen atoms in total. The van der Waals surface area contributed by atoms with Gasteiger partial charge in [0, 0.05) is 33.1 Å². The van der Waals surface area contributed by atoms with Crippen LogP contribution in [0, 0.1) is 5.92 Å². The number of likely N-dealkylation sites (N-methyl/N-ethyl adjacent to an activating group) is 2. The molecule has 0 unspecified atom stereocenters. The summed E-state index contributed by atoms with van der Waals surface area (Å²) in [6.07, 6.45) is 5.05. The first-order chi connectivity index (χ1) is 11.7. The normalized spacial score (nSPS) is 12.1. The van der Waals surface area contributed by atoms with Crippen molar-refractivity contribution in [2.45, 2.75) is 52.5 Å². The van der Waals surface area contributed by atoms with E-state index in [1.807, 2.05) is 13.8 Å². The number of amides is 3. The fraction of sp³-hybridized carbons (Fsp3) is 0.667. The van der Waals surface area contributed by atoms with E-state index in [2.05, 4.69) is 10.6 Å². The summed E-state index contributed by atoms with van der Waals surface area (Å²) in [5, 5.41) is 5.27. The average molecular weight is 353 g/mol. The van der Waals surface area contributed by atoms with Crippen LogP contribution >= 0.6 is 0 Å². The van der Waals surface area contributed by atoms with Gasteiger partial charge >= 0.3 is 0 Å². The molecule has 142 valence electrons. The van der Waals surface area contributed by atoms with E-state index in [4.69, 9.17) is 0 Å². The third-order valence-electron chi connectivity index (χ3n) is 3.79. The van der Waals surface area contributed by atoms with Gasteiger partial charge in [0.1, 0.15) is 6.04 Å². The molecule has 7 heteroatoms. The van der Waals surface area contributed by atoms with Crippen LogP contribution in [0.4, 0.5) is 0 Å². The van der Waals surface area contributed by atoms with Crippen molar-refractivity contribution in [2.75, 3.05) is 20.6 Å². The molecular weight excluding hydrogens is 322 g/mol. The van der Waals surface area contributed by atoms with Crippen LogP contribution in [-0.2, 0) is 19.2 Å². The molecule has 0 bridgehead atoms. The molecule has 0 heterocycles. The Kier molecular flexibility index (Phi) is 11.2. The monoisotopic (exact) mass is 353 g/mol. The number of nitrogens with one attached hydrogen (secondary N) is 2. The lowest BCUT2D eigenvalue weighted by atomic mass is 10.0. The molecule has 2 N–H and O–H groups in total. The molecule has 0 aliphatic carbocycles. The molecule has 0 aliphatic rings. The maximum atomic E-state index is 12.2. The van der Waals surface area contributed by atoms with Crippen LogP contribution in [0.3, 0.4) is 0 Å². The summed E-state index contributed by atoms with van der Waals surface area (Å²) < 4.78 is 0. The second kappa shape index (κ2) is 12.2. The van der Waals surface area contributed by atoms with E-state index in [1.54, 1.807) is 14.1 Å². The van der Waals surface area contributed by atoms with Gasteiger partial charge in [0.05, 0.1) is 0 Å². The van der Waals surface area contributed by atoms with Crippen LogP contribution in [0.2, 0.25) is 0 Å². The highest BCUT2D eigenvalue weighted by Crippen LogP contribution is 2.12. The molecule has 0 spiro atoms. The van der Waals surface area contributed by atoms with E-state index in [-0.39, 0.29) is 29.4 Å². The van der Waals surface area contributed by atoms with Crippen LogP contribution in [-0.4, -0.2) is 55.1 Å². The highest BCUT2D eigenvalue weighted by molar-refractivity contribution is 5.96. The number of allylic oxidation sites excluding steroid dienone is 1. The van der Waals surface area contributed by atoms with Crippen molar-refractivity contribution in [3.63, 3.8) is 0 Å². The molecule has 0 saturated carbocycles. The Bertz CT molecular complexity index is 501. The number of carbonyl (C=O) groups is 4. The SMILES string of the molecule is CNC(=O)[C@H](C(C)C)N(C)C(=O)CCCCCNC(=O)/C=C\C(C)=O. The van der Waals surface area contributed by atoms with Crippen LogP contribution in [0.25, 0.3) is 0 Å². The molecule has 3 amide bonds. The van der Waals surface area contributed by atoms with Crippen LogP contribution in [0.1, 0.15) is 46.5 Å². The lowest BCUT2D eigenvalue weighted by molar-refractivity contribution is -0.140. The maximum Gasteiger partial charge on any atom is 0.244 e. The van der Waals surface area contributed by atoms with E-state index in [1.165, 1.54) is 24.0 Å². The molecule has 1 atom stereocenters. The Morgan fingerprint density at radius 3 is 2.20 bits per heavy atom. The van der Waals surface area contributed by atoms with Crippen molar-refractivity contribution in [3.8, 4) is 0 Å². The highest BCUT2D eigenvalue weighted by Gasteiger charge is 2.28. The Morgan fingerprint density at radius 2 is 1.68 bits per heavy atom. The van der Waals surface area contributed by atoms with Crippen LogP contribution in [0.15, 0.2) is 12.2 Å². The Labute approximate surface area is 150 Å². The van der Waals surface area contributed by atoms with Crippen molar-refractivity contribution >= 4 is 23.5 Å².